The number of piperazine rings is 1. The summed E-state index contributed by atoms with van der Waals surface area (Å²) >= 11 is 0. The van der Waals surface area contributed by atoms with Gasteiger partial charge in [-0.15, -0.1) is 0 Å². The number of unbranched alkanes of at least 4 members (excludes halogenated alkanes) is 3. The second-order valence-electron chi connectivity index (χ2n) is 7.73. The van der Waals surface area contributed by atoms with Gasteiger partial charge < -0.3 is 19.4 Å². The van der Waals surface area contributed by atoms with Gasteiger partial charge in [-0.3, -0.25) is 4.90 Å². The summed E-state index contributed by atoms with van der Waals surface area (Å²) in [6.07, 6.45) is 7.70. The SMILES string of the molecule is COC(=O)N1CCN(CCCCCCN(C)C2CCN(C)CC2)CC1. The standard InChI is InChI=1S/C19H38N4O2/c1-20-12-8-18(9-13-20)21(2)10-6-4-5-7-11-22-14-16-23(17-15-22)19(24)25-3/h18H,4-17H2,1-3H3. The number of nitrogens with zero attached hydrogens (tertiary/aromatic N) is 4. The monoisotopic (exact) mass is 354 g/mol. The zero-order valence-corrected chi connectivity index (χ0v) is 16.6. The van der Waals surface area contributed by atoms with Crippen LogP contribution in [0.3, 0.4) is 0 Å². The molecule has 2 aliphatic heterocycles. The van der Waals surface area contributed by atoms with E-state index in [0.717, 1.165) is 32.2 Å². The molecule has 2 rings (SSSR count). The van der Waals surface area contributed by atoms with Gasteiger partial charge >= 0.3 is 6.09 Å². The summed E-state index contributed by atoms with van der Waals surface area (Å²) in [5.41, 5.74) is 0. The first-order valence-corrected chi connectivity index (χ1v) is 10.0. The second-order valence-corrected chi connectivity index (χ2v) is 7.73. The molecule has 2 saturated heterocycles. The molecule has 2 aliphatic rings. The largest absolute Gasteiger partial charge is 0.453 e. The van der Waals surface area contributed by atoms with E-state index in [1.807, 2.05) is 0 Å². The van der Waals surface area contributed by atoms with Crippen molar-refractivity contribution in [2.24, 2.45) is 0 Å². The number of methoxy groups -OCH3 is 1. The van der Waals surface area contributed by atoms with E-state index in [9.17, 15) is 4.79 Å². The maximum absolute atomic E-state index is 11.5. The third-order valence-electron chi connectivity index (χ3n) is 5.85. The van der Waals surface area contributed by atoms with E-state index in [2.05, 4.69) is 28.8 Å². The molecule has 0 aromatic carbocycles. The average molecular weight is 355 g/mol. The first kappa shape index (κ1) is 20.5. The molecule has 2 heterocycles. The lowest BCUT2D eigenvalue weighted by Gasteiger charge is -2.35. The molecule has 0 unspecified atom stereocenters. The van der Waals surface area contributed by atoms with Crippen molar-refractivity contribution in [2.45, 2.75) is 44.6 Å². The van der Waals surface area contributed by atoms with Crippen molar-refractivity contribution in [1.29, 1.82) is 0 Å². The van der Waals surface area contributed by atoms with Gasteiger partial charge in [-0.2, -0.15) is 0 Å². The molecule has 0 aromatic heterocycles. The van der Waals surface area contributed by atoms with Crippen molar-refractivity contribution in [1.82, 2.24) is 19.6 Å². The Labute approximate surface area is 154 Å². The van der Waals surface area contributed by atoms with E-state index in [0.29, 0.717) is 0 Å². The highest BCUT2D eigenvalue weighted by Crippen LogP contribution is 2.15. The normalized spacial score (nSPS) is 21.0. The number of carbonyl (C=O) groups excluding carboxylic acids is 1. The minimum absolute atomic E-state index is 0.187. The number of likely N-dealkylation sites (tertiary alicyclic amines) is 1. The number of amides is 1. The Kier molecular flexibility index (Phi) is 8.99. The maximum atomic E-state index is 11.5. The molecule has 2 fully saturated rings. The maximum Gasteiger partial charge on any atom is 0.409 e. The quantitative estimate of drug-likeness (QED) is 0.623. The van der Waals surface area contributed by atoms with Crippen molar-refractivity contribution in [3.05, 3.63) is 0 Å². The van der Waals surface area contributed by atoms with E-state index in [1.165, 1.54) is 71.8 Å². The van der Waals surface area contributed by atoms with Crippen LogP contribution >= 0.6 is 0 Å². The van der Waals surface area contributed by atoms with Crippen LogP contribution in [0.15, 0.2) is 0 Å². The zero-order chi connectivity index (χ0) is 18.1. The summed E-state index contributed by atoms with van der Waals surface area (Å²) in [6.45, 7) is 8.46. The second kappa shape index (κ2) is 11.0. The van der Waals surface area contributed by atoms with Crippen molar-refractivity contribution in [3.63, 3.8) is 0 Å². The third kappa shape index (κ3) is 7.12. The van der Waals surface area contributed by atoms with Gasteiger partial charge in [-0.25, -0.2) is 4.79 Å². The Morgan fingerprint density at radius 1 is 1.00 bits per heavy atom. The van der Waals surface area contributed by atoms with E-state index < -0.39 is 0 Å². The van der Waals surface area contributed by atoms with Gasteiger partial charge in [-0.1, -0.05) is 12.8 Å². The molecule has 0 aliphatic carbocycles. The number of rotatable bonds is 8. The smallest absolute Gasteiger partial charge is 0.409 e. The van der Waals surface area contributed by atoms with Gasteiger partial charge in [0.1, 0.15) is 0 Å². The van der Waals surface area contributed by atoms with E-state index in [4.69, 9.17) is 4.74 Å². The molecule has 0 atom stereocenters. The van der Waals surface area contributed by atoms with E-state index in [1.54, 1.807) is 4.90 Å². The first-order chi connectivity index (χ1) is 12.1. The lowest BCUT2D eigenvalue weighted by molar-refractivity contribution is 0.0904. The van der Waals surface area contributed by atoms with Crippen LogP contribution in [0.1, 0.15) is 38.5 Å². The zero-order valence-electron chi connectivity index (χ0n) is 16.6. The highest BCUT2D eigenvalue weighted by Gasteiger charge is 2.21. The molecule has 6 nitrogen and oxygen atoms in total. The van der Waals surface area contributed by atoms with Crippen LogP contribution in [0.4, 0.5) is 4.79 Å². The fourth-order valence-electron chi connectivity index (χ4n) is 3.95. The number of carbonyl (C=O) groups is 1. The van der Waals surface area contributed by atoms with Gasteiger partial charge in [0, 0.05) is 32.2 Å². The minimum atomic E-state index is -0.187. The molecular weight excluding hydrogens is 316 g/mol. The topological polar surface area (TPSA) is 39.3 Å². The molecule has 146 valence electrons. The lowest BCUT2D eigenvalue weighted by atomic mass is 10.0. The highest BCUT2D eigenvalue weighted by atomic mass is 16.5. The Hall–Kier alpha value is -0.850. The molecule has 25 heavy (non-hydrogen) atoms. The fourth-order valence-corrected chi connectivity index (χ4v) is 3.95. The summed E-state index contributed by atoms with van der Waals surface area (Å²) in [5.74, 6) is 0. The minimum Gasteiger partial charge on any atom is -0.453 e. The summed E-state index contributed by atoms with van der Waals surface area (Å²) in [7, 11) is 5.99. The Morgan fingerprint density at radius 3 is 2.28 bits per heavy atom. The van der Waals surface area contributed by atoms with Crippen molar-refractivity contribution >= 4 is 6.09 Å². The molecule has 0 aromatic rings. The lowest BCUT2D eigenvalue weighted by Crippen LogP contribution is -2.48. The van der Waals surface area contributed by atoms with Gasteiger partial charge in [0.05, 0.1) is 7.11 Å². The predicted molar refractivity (Wildman–Crippen MR) is 102 cm³/mol. The van der Waals surface area contributed by atoms with Crippen molar-refractivity contribution in [3.8, 4) is 0 Å². The van der Waals surface area contributed by atoms with Gasteiger partial charge in [0.2, 0.25) is 0 Å². The van der Waals surface area contributed by atoms with Gasteiger partial charge in [0.25, 0.3) is 0 Å². The predicted octanol–water partition coefficient (Wildman–Crippen LogP) is 1.96. The van der Waals surface area contributed by atoms with Crippen LogP contribution in [-0.2, 0) is 4.74 Å². The molecule has 0 N–H and O–H groups in total. The summed E-state index contributed by atoms with van der Waals surface area (Å²) < 4.78 is 4.78. The van der Waals surface area contributed by atoms with Crippen LogP contribution in [0.5, 0.6) is 0 Å². The Balaban J connectivity index is 1.45. The van der Waals surface area contributed by atoms with Crippen molar-refractivity contribution in [2.75, 3.05) is 73.6 Å². The molecule has 6 heteroatoms. The Morgan fingerprint density at radius 2 is 1.64 bits per heavy atom. The van der Waals surface area contributed by atoms with Crippen LogP contribution in [-0.4, -0.2) is 105 Å². The fraction of sp³-hybridized carbons (Fsp3) is 0.947. The summed E-state index contributed by atoms with van der Waals surface area (Å²) in [5, 5.41) is 0. The van der Waals surface area contributed by atoms with E-state index in [-0.39, 0.29) is 6.09 Å². The van der Waals surface area contributed by atoms with E-state index >= 15 is 0 Å². The van der Waals surface area contributed by atoms with Crippen LogP contribution in [0, 0.1) is 0 Å². The summed E-state index contributed by atoms with van der Waals surface area (Å²) in [4.78, 5) is 20.8. The van der Waals surface area contributed by atoms with Crippen LogP contribution < -0.4 is 0 Å². The first-order valence-electron chi connectivity index (χ1n) is 10.0. The van der Waals surface area contributed by atoms with Crippen molar-refractivity contribution < 1.29 is 9.53 Å². The number of hydrogen-bond acceptors (Lipinski definition) is 5. The molecular formula is C19H38N4O2. The molecule has 1 amide bonds. The average Bonchev–Trinajstić information content (AvgIpc) is 2.64. The molecule has 0 spiro atoms. The molecule has 0 radical (unpaired) electrons. The number of ether oxygens (including phenoxy) is 1. The van der Waals surface area contributed by atoms with Crippen LogP contribution in [0.2, 0.25) is 0 Å². The summed E-state index contributed by atoms with van der Waals surface area (Å²) in [6, 6.07) is 0.794. The molecule has 0 saturated carbocycles. The Bertz CT molecular complexity index is 378. The number of piperidine rings is 1. The van der Waals surface area contributed by atoms with Gasteiger partial charge in [0.15, 0.2) is 0 Å². The van der Waals surface area contributed by atoms with Gasteiger partial charge in [-0.05, 0) is 66.0 Å². The number of hydrogen-bond donors (Lipinski definition) is 0. The van der Waals surface area contributed by atoms with Crippen LogP contribution in [0.25, 0.3) is 0 Å². The highest BCUT2D eigenvalue weighted by molar-refractivity contribution is 5.67. The molecule has 0 bridgehead atoms. The third-order valence-corrected chi connectivity index (χ3v) is 5.85.